The minimum absolute atomic E-state index is 0.00533. The lowest BCUT2D eigenvalue weighted by Gasteiger charge is -2.34. The van der Waals surface area contributed by atoms with Crippen LogP contribution in [0.2, 0.25) is 0 Å². The van der Waals surface area contributed by atoms with E-state index in [9.17, 15) is 38.4 Å². The molecule has 2 fully saturated rings. The second-order valence-electron chi connectivity index (χ2n) is 15.9. The molecule has 3 aromatic heterocycles. The molecular formula is C44H47N13O9. The van der Waals surface area contributed by atoms with E-state index in [0.717, 1.165) is 15.8 Å². The monoisotopic (exact) mass is 901 g/mol. The summed E-state index contributed by atoms with van der Waals surface area (Å²) in [5, 5.41) is 21.3. The SMILES string of the molecule is O=C(CCC(=O)N1CCN(Cc2ccc(NC(=O)c3[nH]ncc3Nc3ncnc4[nH]ccc34)cc2)CC1)NCCCCNC(=O)COc1cccc2c1C(=O)N(C1CCC(=O)NC1=O)C2=O. The standard InChI is InChI=1S/C44H47N13O9/c58-33(45-15-1-2-16-46-35(60)24-66-32-5-3-4-28-37(32)44(65)57(43(28)64)31-10-11-34(59)53-41(31)62)12-13-36(61)56-20-18-55(19-21-56)23-26-6-8-27(9-7-26)51-42(63)38-30(22-50-54-38)52-40-29-14-17-47-39(29)48-25-49-40/h3-9,14,17,22,25,31H,1-2,10-13,15-16,18-21,23-24H2,(H,45,58)(H,46,60)(H,50,54)(H,51,63)(H,53,59,62)(H2,47,48,49,52). The molecule has 3 aliphatic rings. The fourth-order valence-electron chi connectivity index (χ4n) is 7.93. The highest BCUT2D eigenvalue weighted by Gasteiger charge is 2.46. The number of nitrogens with zero attached hydrogens (tertiary/aromatic N) is 6. The Bertz CT molecular complexity index is 2670. The van der Waals surface area contributed by atoms with Crippen molar-refractivity contribution in [3.63, 3.8) is 0 Å². The number of piperidine rings is 1. The Labute approximate surface area is 376 Å². The van der Waals surface area contributed by atoms with Crippen LogP contribution in [0.4, 0.5) is 17.2 Å². The van der Waals surface area contributed by atoms with Crippen LogP contribution in [0.25, 0.3) is 11.0 Å². The third-order valence-electron chi connectivity index (χ3n) is 11.4. The number of anilines is 3. The first-order valence-corrected chi connectivity index (χ1v) is 21.5. The Kier molecular flexibility index (Phi) is 13.7. The average molecular weight is 902 g/mol. The van der Waals surface area contributed by atoms with Crippen LogP contribution < -0.4 is 31.3 Å². The number of unbranched alkanes of at least 4 members (excludes halogenated alkanes) is 1. The number of ether oxygens (including phenoxy) is 1. The van der Waals surface area contributed by atoms with Crippen LogP contribution in [0.3, 0.4) is 0 Å². The van der Waals surface area contributed by atoms with E-state index in [1.807, 2.05) is 30.3 Å². The second kappa shape index (κ2) is 20.2. The maximum Gasteiger partial charge on any atom is 0.275 e. The van der Waals surface area contributed by atoms with Crippen molar-refractivity contribution >= 4 is 75.5 Å². The molecule has 0 aliphatic carbocycles. The minimum Gasteiger partial charge on any atom is -0.483 e. The molecule has 8 rings (SSSR count). The summed E-state index contributed by atoms with van der Waals surface area (Å²) in [4.78, 5) is 118. The molecule has 0 saturated carbocycles. The van der Waals surface area contributed by atoms with Gasteiger partial charge in [0.25, 0.3) is 23.6 Å². The van der Waals surface area contributed by atoms with Gasteiger partial charge in [-0.25, -0.2) is 9.97 Å². The quantitative estimate of drug-likeness (QED) is 0.0486. The first-order chi connectivity index (χ1) is 32.0. The molecule has 3 aliphatic heterocycles. The van der Waals surface area contributed by atoms with Crippen LogP contribution in [-0.4, -0.2) is 139 Å². The van der Waals surface area contributed by atoms with Crippen molar-refractivity contribution in [3.05, 3.63) is 89.6 Å². The summed E-state index contributed by atoms with van der Waals surface area (Å²) >= 11 is 0. The van der Waals surface area contributed by atoms with Crippen molar-refractivity contribution < 1.29 is 43.1 Å². The molecule has 5 aromatic rings. The van der Waals surface area contributed by atoms with Crippen molar-refractivity contribution in [3.8, 4) is 5.75 Å². The molecule has 1 unspecified atom stereocenters. The predicted octanol–water partition coefficient (Wildman–Crippen LogP) is 1.59. The van der Waals surface area contributed by atoms with Crippen molar-refractivity contribution in [1.29, 1.82) is 0 Å². The summed E-state index contributed by atoms with van der Waals surface area (Å²) in [5.74, 6) is -3.19. The van der Waals surface area contributed by atoms with Crippen molar-refractivity contribution in [1.82, 2.24) is 55.8 Å². The van der Waals surface area contributed by atoms with E-state index in [2.05, 4.69) is 56.6 Å². The molecule has 0 spiro atoms. The number of rotatable bonds is 18. The first-order valence-electron chi connectivity index (χ1n) is 21.5. The summed E-state index contributed by atoms with van der Waals surface area (Å²) in [7, 11) is 0. The largest absolute Gasteiger partial charge is 0.483 e. The Balaban J connectivity index is 0.674. The minimum atomic E-state index is -1.12. The zero-order valence-electron chi connectivity index (χ0n) is 35.7. The first kappa shape index (κ1) is 44.6. The number of benzene rings is 2. The number of imide groups is 2. The highest BCUT2D eigenvalue weighted by atomic mass is 16.5. The Morgan fingerprint density at radius 1 is 0.848 bits per heavy atom. The van der Waals surface area contributed by atoms with Gasteiger partial charge in [0.1, 0.15) is 35.3 Å². The van der Waals surface area contributed by atoms with E-state index in [-0.39, 0.29) is 66.0 Å². The third-order valence-corrected chi connectivity index (χ3v) is 11.4. The Morgan fingerprint density at radius 3 is 2.39 bits per heavy atom. The Hall–Kier alpha value is -8.01. The van der Waals surface area contributed by atoms with Crippen LogP contribution >= 0.6 is 0 Å². The fraction of sp³-hybridized carbons (Fsp3) is 0.341. The van der Waals surface area contributed by atoms with Crippen LogP contribution in [-0.2, 0) is 30.5 Å². The van der Waals surface area contributed by atoms with Gasteiger partial charge in [-0.15, -0.1) is 0 Å². The average Bonchev–Trinajstić information content (AvgIpc) is 4.06. The van der Waals surface area contributed by atoms with E-state index in [0.29, 0.717) is 81.5 Å². The van der Waals surface area contributed by atoms with Crippen molar-refractivity contribution in [2.75, 3.05) is 56.5 Å². The molecule has 1 atom stereocenters. The van der Waals surface area contributed by atoms with E-state index in [4.69, 9.17) is 4.74 Å². The van der Waals surface area contributed by atoms with Gasteiger partial charge >= 0.3 is 0 Å². The zero-order valence-corrected chi connectivity index (χ0v) is 35.7. The number of fused-ring (bicyclic) bond motifs is 2. The van der Waals surface area contributed by atoms with Gasteiger partial charge in [0.2, 0.25) is 23.6 Å². The number of piperazine rings is 1. The number of hydrogen-bond acceptors (Lipinski definition) is 14. The third kappa shape index (κ3) is 10.3. The van der Waals surface area contributed by atoms with Crippen LogP contribution in [0, 0.1) is 0 Å². The number of hydrogen-bond donors (Lipinski definition) is 7. The zero-order chi connectivity index (χ0) is 46.2. The van der Waals surface area contributed by atoms with Crippen LogP contribution in [0.5, 0.6) is 5.75 Å². The number of amides is 8. The van der Waals surface area contributed by atoms with Gasteiger partial charge in [0, 0.05) is 77.0 Å². The smallest absolute Gasteiger partial charge is 0.275 e. The molecule has 22 heteroatoms. The molecule has 2 saturated heterocycles. The molecule has 22 nitrogen and oxygen atoms in total. The van der Waals surface area contributed by atoms with Crippen molar-refractivity contribution in [2.24, 2.45) is 0 Å². The second-order valence-corrected chi connectivity index (χ2v) is 15.9. The maximum absolute atomic E-state index is 13.2. The predicted molar refractivity (Wildman–Crippen MR) is 235 cm³/mol. The van der Waals surface area contributed by atoms with E-state index >= 15 is 0 Å². The normalized spacial score (nSPS) is 16.2. The molecule has 342 valence electrons. The summed E-state index contributed by atoms with van der Waals surface area (Å²) < 4.78 is 5.61. The summed E-state index contributed by atoms with van der Waals surface area (Å²) in [6.45, 7) is 3.37. The fourth-order valence-corrected chi connectivity index (χ4v) is 7.93. The van der Waals surface area contributed by atoms with E-state index in [1.54, 1.807) is 11.1 Å². The molecule has 66 heavy (non-hydrogen) atoms. The number of carbonyl (C=O) groups excluding carboxylic acids is 8. The Morgan fingerprint density at radius 2 is 1.62 bits per heavy atom. The van der Waals surface area contributed by atoms with Gasteiger partial charge in [-0.1, -0.05) is 18.2 Å². The van der Waals surface area contributed by atoms with Gasteiger partial charge in [0.15, 0.2) is 6.61 Å². The molecule has 7 N–H and O–H groups in total. The lowest BCUT2D eigenvalue weighted by molar-refractivity contribution is -0.136. The summed E-state index contributed by atoms with van der Waals surface area (Å²) in [6, 6.07) is 12.7. The molecule has 0 radical (unpaired) electrons. The van der Waals surface area contributed by atoms with Crippen molar-refractivity contribution in [2.45, 2.75) is 51.1 Å². The number of aromatic amines is 2. The van der Waals surface area contributed by atoms with Crippen LogP contribution in [0.1, 0.15) is 75.3 Å². The highest BCUT2D eigenvalue weighted by molar-refractivity contribution is 6.24. The number of aromatic nitrogens is 5. The molecule has 0 bridgehead atoms. The summed E-state index contributed by atoms with van der Waals surface area (Å²) in [5.41, 5.74) is 3.04. The molecule has 6 heterocycles. The van der Waals surface area contributed by atoms with Gasteiger partial charge < -0.3 is 35.9 Å². The van der Waals surface area contributed by atoms with Gasteiger partial charge in [-0.3, -0.25) is 58.6 Å². The number of carbonyl (C=O) groups is 8. The number of nitrogens with one attached hydrogen (secondary N) is 7. The van der Waals surface area contributed by atoms with Gasteiger partial charge in [0.05, 0.1) is 28.4 Å². The van der Waals surface area contributed by atoms with E-state index < -0.39 is 42.2 Å². The summed E-state index contributed by atoms with van der Waals surface area (Å²) in [6.07, 6.45) is 6.01. The van der Waals surface area contributed by atoms with Gasteiger partial charge in [-0.2, -0.15) is 5.10 Å². The van der Waals surface area contributed by atoms with Crippen LogP contribution in [0.15, 0.2) is 67.3 Å². The lowest BCUT2D eigenvalue weighted by atomic mass is 10.0. The highest BCUT2D eigenvalue weighted by Crippen LogP contribution is 2.34. The molecule has 2 aromatic carbocycles. The molecular weight excluding hydrogens is 855 g/mol. The number of H-pyrrole nitrogens is 2. The topological polar surface area (TPSA) is 286 Å². The van der Waals surface area contributed by atoms with E-state index in [1.165, 1.54) is 30.7 Å². The maximum atomic E-state index is 13.2. The molecule has 8 amide bonds. The van der Waals surface area contributed by atoms with Gasteiger partial charge in [-0.05, 0) is 55.2 Å². The lowest BCUT2D eigenvalue weighted by Crippen LogP contribution is -2.54.